The van der Waals surface area contributed by atoms with Crippen molar-refractivity contribution < 1.29 is 25.9 Å². The van der Waals surface area contributed by atoms with Crippen LogP contribution in [0.25, 0.3) is 0 Å². The van der Waals surface area contributed by atoms with E-state index in [4.69, 9.17) is 10.8 Å². The molecule has 7 nitrogen and oxygen atoms in total. The Bertz CT molecular complexity index is 491. The normalized spacial score (nSPS) is 18.2. The Morgan fingerprint density at radius 1 is 1.30 bits per heavy atom. The maximum atomic E-state index is 11.5. The van der Waals surface area contributed by atoms with Gasteiger partial charge >= 0.3 is 0 Å². The van der Waals surface area contributed by atoms with Crippen molar-refractivity contribution in [3.8, 4) is 0 Å². The summed E-state index contributed by atoms with van der Waals surface area (Å²) in [4.78, 5) is 11.5. The minimum absolute atomic E-state index is 0.0445. The van der Waals surface area contributed by atoms with Gasteiger partial charge in [0.05, 0.1) is 14.0 Å². The number of nitrogens with one attached hydrogen (secondary N) is 2. The Morgan fingerprint density at radius 3 is 2.48 bits per heavy atom. The van der Waals surface area contributed by atoms with E-state index in [1.165, 1.54) is 21.1 Å². The highest BCUT2D eigenvalue weighted by atomic mass is 16.5. The lowest BCUT2D eigenvalue weighted by molar-refractivity contribution is -0.126. The number of methoxy groups -OCH3 is 2. The number of rotatable bonds is 10. The first kappa shape index (κ1) is 17.7. The number of benzene rings is 1. The Labute approximate surface area is 138 Å². The molecular weight excluding hydrogens is 300 g/mol. The largest absolute Gasteiger partial charge is 0.388 e. The van der Waals surface area contributed by atoms with Gasteiger partial charge in [-0.1, -0.05) is 18.2 Å². The first-order valence-electron chi connectivity index (χ1n) is 7.87. The number of hydrogen-bond donors (Lipinski definition) is 4. The van der Waals surface area contributed by atoms with Crippen LogP contribution in [-0.4, -0.2) is 67.8 Å². The fourth-order valence-corrected chi connectivity index (χ4v) is 2.17. The van der Waals surface area contributed by atoms with Gasteiger partial charge in [-0.2, -0.15) is 0 Å². The van der Waals surface area contributed by atoms with Crippen molar-refractivity contribution >= 4 is 11.6 Å². The van der Waals surface area contributed by atoms with Gasteiger partial charge in [0.2, 0.25) is 5.91 Å². The van der Waals surface area contributed by atoms with E-state index >= 15 is 0 Å². The summed E-state index contributed by atoms with van der Waals surface area (Å²) in [5.41, 5.74) is 0.673. The van der Waals surface area contributed by atoms with E-state index in [9.17, 15) is 15.0 Å². The van der Waals surface area contributed by atoms with Crippen LogP contribution in [0.15, 0.2) is 30.3 Å². The third-order valence-electron chi connectivity index (χ3n) is 3.27. The van der Waals surface area contributed by atoms with E-state index in [0.29, 0.717) is 5.69 Å². The van der Waals surface area contributed by atoms with E-state index in [1.54, 1.807) is 24.3 Å². The molecule has 130 valence electrons. The molecule has 0 fully saturated rings. The van der Waals surface area contributed by atoms with Crippen LogP contribution < -0.4 is 10.6 Å². The number of aliphatic hydroxyl groups is 2. The van der Waals surface area contributed by atoms with Crippen LogP contribution >= 0.6 is 0 Å². The predicted molar refractivity (Wildman–Crippen MR) is 87.2 cm³/mol. The van der Waals surface area contributed by atoms with Gasteiger partial charge in [0.25, 0.3) is 0 Å². The lowest BCUT2D eigenvalue weighted by Gasteiger charge is -2.32. The summed E-state index contributed by atoms with van der Waals surface area (Å²) in [7, 11) is 2.75. The van der Waals surface area contributed by atoms with Crippen molar-refractivity contribution in [2.45, 2.75) is 31.3 Å². The zero-order chi connectivity index (χ0) is 18.1. The maximum Gasteiger partial charge on any atom is 0.217 e. The Balaban J connectivity index is 2.90. The molecule has 23 heavy (non-hydrogen) atoms. The van der Waals surface area contributed by atoms with Crippen LogP contribution in [0.1, 0.15) is 8.29 Å². The van der Waals surface area contributed by atoms with E-state index < -0.39 is 36.8 Å². The van der Waals surface area contributed by atoms with Crippen LogP contribution in [0.2, 0.25) is 0 Å². The van der Waals surface area contributed by atoms with Gasteiger partial charge in [0.15, 0.2) is 0 Å². The molecule has 0 aliphatic rings. The Morgan fingerprint density at radius 2 is 1.96 bits per heavy atom. The Hall–Kier alpha value is -1.67. The molecule has 0 aromatic heterocycles. The molecule has 0 saturated carbocycles. The summed E-state index contributed by atoms with van der Waals surface area (Å²) in [6.07, 6.45) is -3.44. The molecule has 0 aliphatic heterocycles. The minimum Gasteiger partial charge on any atom is -0.388 e. The molecule has 1 amide bonds. The highest BCUT2D eigenvalue weighted by molar-refractivity contribution is 5.73. The molecule has 1 aromatic rings. The van der Waals surface area contributed by atoms with Crippen LogP contribution in [0.4, 0.5) is 5.69 Å². The molecule has 0 aliphatic carbocycles. The molecule has 0 radical (unpaired) electrons. The average molecular weight is 327 g/mol. The van der Waals surface area contributed by atoms with Crippen molar-refractivity contribution in [3.05, 3.63) is 30.3 Å². The highest BCUT2D eigenvalue weighted by Gasteiger charge is 2.33. The van der Waals surface area contributed by atoms with Crippen LogP contribution in [0, 0.1) is 0 Å². The second-order valence-corrected chi connectivity index (χ2v) is 5.12. The van der Waals surface area contributed by atoms with Gasteiger partial charge in [-0.25, -0.2) is 0 Å². The van der Waals surface area contributed by atoms with E-state index in [-0.39, 0.29) is 6.61 Å². The number of aliphatic hydroxyl groups excluding tert-OH is 2. The monoisotopic (exact) mass is 327 g/mol. The fourth-order valence-electron chi connectivity index (χ4n) is 2.17. The topological polar surface area (TPSA) is 100 Å². The van der Waals surface area contributed by atoms with Crippen molar-refractivity contribution in [2.24, 2.45) is 0 Å². The summed E-state index contributed by atoms with van der Waals surface area (Å²) in [5, 5.41) is 26.0. The molecule has 1 aromatic carbocycles. The third-order valence-corrected chi connectivity index (χ3v) is 3.27. The van der Waals surface area contributed by atoms with Gasteiger partial charge < -0.3 is 30.3 Å². The highest BCUT2D eigenvalue weighted by Crippen LogP contribution is 2.12. The van der Waals surface area contributed by atoms with Gasteiger partial charge in [-0.05, 0) is 12.1 Å². The molecule has 0 spiro atoms. The molecule has 1 rings (SSSR count). The number of carbonyl (C=O) groups excluding carboxylic acids is 1. The lowest BCUT2D eigenvalue weighted by Crippen LogP contribution is -2.55. The SMILES string of the molecule is [2H]C(Nc1ccccc1)C(NC(C)=O)[C@@H](O)[C@@H](OC)C(O)COC. The molecule has 0 heterocycles. The molecule has 4 N–H and O–H groups in total. The summed E-state index contributed by atoms with van der Waals surface area (Å²) in [5.74, 6) is -0.401. The predicted octanol–water partition coefficient (Wildman–Crippen LogP) is -0.0136. The number of hydrogen-bond acceptors (Lipinski definition) is 6. The van der Waals surface area contributed by atoms with Crippen molar-refractivity contribution in [1.82, 2.24) is 5.32 Å². The van der Waals surface area contributed by atoms with Crippen molar-refractivity contribution in [1.29, 1.82) is 0 Å². The molecule has 5 atom stereocenters. The number of amides is 1. The average Bonchev–Trinajstić information content (AvgIpc) is 2.54. The Kier molecular flexibility index (Phi) is 7.82. The third kappa shape index (κ3) is 6.54. The summed E-state index contributed by atoms with van der Waals surface area (Å²) >= 11 is 0. The van der Waals surface area contributed by atoms with Crippen LogP contribution in [0.3, 0.4) is 0 Å². The molecule has 7 heteroatoms. The second-order valence-electron chi connectivity index (χ2n) is 5.12. The number of anilines is 1. The summed E-state index contributed by atoms with van der Waals surface area (Å²) < 4.78 is 18.3. The molecule has 0 bridgehead atoms. The molecule has 0 saturated heterocycles. The number of carbonyl (C=O) groups is 1. The zero-order valence-electron chi connectivity index (χ0n) is 14.6. The minimum atomic E-state index is -1.32. The standard InChI is InChI=1S/C16H26N2O5/c1-11(19)18-13(9-17-12-7-5-4-6-8-12)15(21)16(23-3)14(20)10-22-2/h4-8,13-17,20-21H,9-10H2,1-3H3,(H,18,19)/t13?,14?,15-,16+/m1/s1/i9D/t9?,13?,14?,15-,16+. The number of ether oxygens (including phenoxy) is 2. The van der Waals surface area contributed by atoms with Gasteiger partial charge in [-0.3, -0.25) is 4.79 Å². The van der Waals surface area contributed by atoms with Crippen LogP contribution in [-0.2, 0) is 14.3 Å². The van der Waals surface area contributed by atoms with Crippen molar-refractivity contribution in [2.75, 3.05) is 32.7 Å². The van der Waals surface area contributed by atoms with Gasteiger partial charge in [0, 0.05) is 33.4 Å². The van der Waals surface area contributed by atoms with Crippen LogP contribution in [0.5, 0.6) is 0 Å². The molecular formula is C16H26N2O5. The maximum absolute atomic E-state index is 11.5. The van der Waals surface area contributed by atoms with E-state index in [2.05, 4.69) is 10.6 Å². The summed E-state index contributed by atoms with van der Waals surface area (Å²) in [6.45, 7) is 0.193. The first-order valence-corrected chi connectivity index (χ1v) is 7.29. The quantitative estimate of drug-likeness (QED) is 0.482. The van der Waals surface area contributed by atoms with Crippen molar-refractivity contribution in [3.63, 3.8) is 0 Å². The van der Waals surface area contributed by atoms with E-state index in [0.717, 1.165) is 0 Å². The second kappa shape index (κ2) is 10.2. The first-order chi connectivity index (χ1) is 11.4. The lowest BCUT2D eigenvalue weighted by atomic mass is 10.0. The molecule has 3 unspecified atom stereocenters. The van der Waals surface area contributed by atoms with Gasteiger partial charge in [0.1, 0.15) is 18.3 Å². The zero-order valence-corrected chi connectivity index (χ0v) is 13.6. The smallest absolute Gasteiger partial charge is 0.217 e. The summed E-state index contributed by atoms with van der Waals surface area (Å²) in [6, 6.07) is 7.99. The fraction of sp³-hybridized carbons (Fsp3) is 0.562. The van der Waals surface area contributed by atoms with Gasteiger partial charge in [-0.15, -0.1) is 0 Å². The van der Waals surface area contributed by atoms with E-state index in [1.807, 2.05) is 6.07 Å². The number of para-hydroxylation sites is 1.